The van der Waals surface area contributed by atoms with Crippen molar-refractivity contribution in [3.63, 3.8) is 0 Å². The fourth-order valence-electron chi connectivity index (χ4n) is 2.29. The van der Waals surface area contributed by atoms with Gasteiger partial charge in [0.15, 0.2) is 0 Å². The third-order valence-electron chi connectivity index (χ3n) is 3.03. The highest BCUT2D eigenvalue weighted by Gasteiger charge is 2.15. The molecular weight excluding hydrogens is 144 g/mol. The van der Waals surface area contributed by atoms with Crippen LogP contribution in [0, 0.1) is 11.8 Å². The molecule has 0 aromatic rings. The van der Waals surface area contributed by atoms with Crippen molar-refractivity contribution in [2.45, 2.75) is 66.2 Å². The molecule has 0 N–H and O–H groups in total. The SMILES string of the molecule is CCC[C@@H](CC)[C@@H](CC)CCC. The van der Waals surface area contributed by atoms with E-state index < -0.39 is 0 Å². The average molecular weight is 170 g/mol. The van der Waals surface area contributed by atoms with Crippen molar-refractivity contribution < 1.29 is 0 Å². The molecule has 0 rings (SSSR count). The highest BCUT2D eigenvalue weighted by molar-refractivity contribution is 4.67. The van der Waals surface area contributed by atoms with Crippen molar-refractivity contribution in [2.75, 3.05) is 0 Å². The number of hydrogen-bond acceptors (Lipinski definition) is 0. The van der Waals surface area contributed by atoms with E-state index in [-0.39, 0.29) is 0 Å². The highest BCUT2D eigenvalue weighted by atomic mass is 14.2. The molecule has 0 saturated heterocycles. The van der Waals surface area contributed by atoms with Crippen molar-refractivity contribution in [2.24, 2.45) is 11.8 Å². The zero-order chi connectivity index (χ0) is 9.40. The zero-order valence-corrected chi connectivity index (χ0v) is 9.40. The lowest BCUT2D eigenvalue weighted by atomic mass is 9.82. The van der Waals surface area contributed by atoms with Gasteiger partial charge in [-0.15, -0.1) is 0 Å². The normalized spacial score (nSPS) is 16.0. The van der Waals surface area contributed by atoms with Gasteiger partial charge in [0.2, 0.25) is 0 Å². The lowest BCUT2D eigenvalue weighted by Crippen LogP contribution is -2.13. The maximum absolute atomic E-state index is 2.35. The van der Waals surface area contributed by atoms with Gasteiger partial charge in [-0.2, -0.15) is 0 Å². The summed E-state index contributed by atoms with van der Waals surface area (Å²) in [6, 6.07) is 0. The molecule has 0 aliphatic carbocycles. The summed E-state index contributed by atoms with van der Waals surface area (Å²) in [6.45, 7) is 9.31. The number of rotatable bonds is 7. The van der Waals surface area contributed by atoms with Gasteiger partial charge in [0.1, 0.15) is 0 Å². The summed E-state index contributed by atoms with van der Waals surface area (Å²) >= 11 is 0. The van der Waals surface area contributed by atoms with E-state index in [4.69, 9.17) is 0 Å². The molecule has 2 atom stereocenters. The second-order valence-corrected chi connectivity index (χ2v) is 3.91. The van der Waals surface area contributed by atoms with Crippen LogP contribution in [-0.2, 0) is 0 Å². The minimum atomic E-state index is 1.000. The molecule has 0 radical (unpaired) electrons. The fourth-order valence-corrected chi connectivity index (χ4v) is 2.29. The molecule has 12 heavy (non-hydrogen) atoms. The standard InChI is InChI=1S/C12H26/c1-5-9-11(7-3)12(8-4)10-6-2/h11-12H,5-10H2,1-4H3/t11-,12+. The summed E-state index contributed by atoms with van der Waals surface area (Å²) in [7, 11) is 0. The summed E-state index contributed by atoms with van der Waals surface area (Å²) in [4.78, 5) is 0. The smallest absolute Gasteiger partial charge is 0.0389 e. The van der Waals surface area contributed by atoms with E-state index in [0.29, 0.717) is 0 Å². The van der Waals surface area contributed by atoms with E-state index in [1.807, 2.05) is 0 Å². The Morgan fingerprint density at radius 3 is 1.17 bits per heavy atom. The van der Waals surface area contributed by atoms with E-state index in [2.05, 4.69) is 27.7 Å². The molecule has 0 aromatic carbocycles. The van der Waals surface area contributed by atoms with Gasteiger partial charge in [0.05, 0.1) is 0 Å². The van der Waals surface area contributed by atoms with Gasteiger partial charge >= 0.3 is 0 Å². The lowest BCUT2D eigenvalue weighted by molar-refractivity contribution is 0.274. The van der Waals surface area contributed by atoms with Gasteiger partial charge in [0, 0.05) is 0 Å². The predicted octanol–water partition coefficient (Wildman–Crippen LogP) is 4.64. The summed E-state index contributed by atoms with van der Waals surface area (Å²) in [5.74, 6) is 2.00. The Hall–Kier alpha value is 0. The molecule has 0 saturated carbocycles. The van der Waals surface area contributed by atoms with Gasteiger partial charge in [-0.25, -0.2) is 0 Å². The third kappa shape index (κ3) is 4.13. The Bertz CT molecular complexity index is 74.0. The Morgan fingerprint density at radius 2 is 1.00 bits per heavy atom. The molecular formula is C12H26. The first kappa shape index (κ1) is 12.0. The van der Waals surface area contributed by atoms with Crippen LogP contribution in [0.15, 0.2) is 0 Å². The van der Waals surface area contributed by atoms with Crippen molar-refractivity contribution in [3.8, 4) is 0 Å². The maximum atomic E-state index is 2.35. The van der Waals surface area contributed by atoms with Crippen LogP contribution >= 0.6 is 0 Å². The van der Waals surface area contributed by atoms with Crippen LogP contribution < -0.4 is 0 Å². The van der Waals surface area contributed by atoms with Crippen molar-refractivity contribution in [1.82, 2.24) is 0 Å². The summed E-state index contributed by atoms with van der Waals surface area (Å²) in [6.07, 6.45) is 8.36. The molecule has 0 aromatic heterocycles. The van der Waals surface area contributed by atoms with E-state index in [1.54, 1.807) is 0 Å². The quantitative estimate of drug-likeness (QED) is 0.522. The maximum Gasteiger partial charge on any atom is -0.0389 e. The van der Waals surface area contributed by atoms with Crippen LogP contribution in [0.1, 0.15) is 66.2 Å². The molecule has 0 aliphatic heterocycles. The molecule has 0 heteroatoms. The van der Waals surface area contributed by atoms with Gasteiger partial charge in [-0.1, -0.05) is 66.2 Å². The topological polar surface area (TPSA) is 0 Å². The molecule has 0 amide bonds. The molecule has 0 aliphatic rings. The van der Waals surface area contributed by atoms with Crippen molar-refractivity contribution in [1.29, 1.82) is 0 Å². The van der Waals surface area contributed by atoms with Gasteiger partial charge in [0.25, 0.3) is 0 Å². The Morgan fingerprint density at radius 1 is 0.667 bits per heavy atom. The third-order valence-corrected chi connectivity index (χ3v) is 3.03. The van der Waals surface area contributed by atoms with Crippen LogP contribution in [0.4, 0.5) is 0 Å². The summed E-state index contributed by atoms with van der Waals surface area (Å²) in [5, 5.41) is 0. The first-order valence-corrected chi connectivity index (χ1v) is 5.79. The molecule has 0 unspecified atom stereocenters. The average Bonchev–Trinajstić information content (AvgIpc) is 2.11. The van der Waals surface area contributed by atoms with Crippen LogP contribution in [0.25, 0.3) is 0 Å². The van der Waals surface area contributed by atoms with E-state index in [9.17, 15) is 0 Å². The predicted molar refractivity (Wildman–Crippen MR) is 57.4 cm³/mol. The molecule has 74 valence electrons. The molecule has 0 fully saturated rings. The van der Waals surface area contributed by atoms with Gasteiger partial charge in [-0.05, 0) is 11.8 Å². The molecule has 0 heterocycles. The summed E-state index contributed by atoms with van der Waals surface area (Å²) in [5.41, 5.74) is 0. The Kier molecular flexibility index (Phi) is 7.64. The minimum absolute atomic E-state index is 1.000. The minimum Gasteiger partial charge on any atom is -0.0654 e. The largest absolute Gasteiger partial charge is 0.0654 e. The first-order valence-electron chi connectivity index (χ1n) is 5.79. The van der Waals surface area contributed by atoms with Crippen LogP contribution in [0.2, 0.25) is 0 Å². The molecule has 0 nitrogen and oxygen atoms in total. The van der Waals surface area contributed by atoms with Crippen LogP contribution in [0.3, 0.4) is 0 Å². The second-order valence-electron chi connectivity index (χ2n) is 3.91. The second kappa shape index (κ2) is 7.64. The van der Waals surface area contributed by atoms with Crippen LogP contribution in [0.5, 0.6) is 0 Å². The molecule has 0 bridgehead atoms. The Labute approximate surface area is 78.8 Å². The van der Waals surface area contributed by atoms with Gasteiger partial charge < -0.3 is 0 Å². The number of hydrogen-bond donors (Lipinski definition) is 0. The zero-order valence-electron chi connectivity index (χ0n) is 9.40. The van der Waals surface area contributed by atoms with E-state index in [1.165, 1.54) is 38.5 Å². The lowest BCUT2D eigenvalue weighted by Gasteiger charge is -2.24. The van der Waals surface area contributed by atoms with E-state index >= 15 is 0 Å². The monoisotopic (exact) mass is 170 g/mol. The van der Waals surface area contributed by atoms with Crippen molar-refractivity contribution in [3.05, 3.63) is 0 Å². The fraction of sp³-hybridized carbons (Fsp3) is 1.00. The summed E-state index contributed by atoms with van der Waals surface area (Å²) < 4.78 is 0. The Balaban J connectivity index is 3.84. The van der Waals surface area contributed by atoms with Gasteiger partial charge in [-0.3, -0.25) is 0 Å². The highest BCUT2D eigenvalue weighted by Crippen LogP contribution is 2.27. The first-order chi connectivity index (χ1) is 5.79. The van der Waals surface area contributed by atoms with E-state index in [0.717, 1.165) is 11.8 Å². The van der Waals surface area contributed by atoms with Crippen LogP contribution in [-0.4, -0.2) is 0 Å². The molecule has 0 spiro atoms. The van der Waals surface area contributed by atoms with Crippen molar-refractivity contribution >= 4 is 0 Å².